The molecule has 0 radical (unpaired) electrons. The van der Waals surface area contributed by atoms with Crippen LogP contribution in [-0.2, 0) is 17.7 Å². The van der Waals surface area contributed by atoms with E-state index >= 15 is 0 Å². The van der Waals surface area contributed by atoms with Gasteiger partial charge in [0.15, 0.2) is 0 Å². The lowest BCUT2D eigenvalue weighted by Crippen LogP contribution is -2.38. The van der Waals surface area contributed by atoms with Crippen LogP contribution in [0.1, 0.15) is 46.0 Å². The zero-order chi connectivity index (χ0) is 14.5. The van der Waals surface area contributed by atoms with Crippen LogP contribution >= 0.6 is 0 Å². The van der Waals surface area contributed by atoms with Crippen molar-refractivity contribution in [2.45, 2.75) is 66.2 Å². The number of aryl methyl sites for hydroxylation is 2. The third kappa shape index (κ3) is 5.74. The van der Waals surface area contributed by atoms with Crippen molar-refractivity contribution in [3.63, 3.8) is 0 Å². The van der Waals surface area contributed by atoms with Gasteiger partial charge in [-0.1, -0.05) is 6.92 Å². The summed E-state index contributed by atoms with van der Waals surface area (Å²) in [5, 5.41) is 8.00. The summed E-state index contributed by atoms with van der Waals surface area (Å²) in [5.74, 6) is 0. The Morgan fingerprint density at radius 3 is 2.58 bits per heavy atom. The van der Waals surface area contributed by atoms with Crippen LogP contribution in [0.5, 0.6) is 0 Å². The van der Waals surface area contributed by atoms with E-state index in [1.807, 2.05) is 6.92 Å². The molecule has 1 heterocycles. The molecular weight excluding hydrogens is 238 g/mol. The van der Waals surface area contributed by atoms with Crippen LogP contribution in [0, 0.1) is 6.92 Å². The van der Waals surface area contributed by atoms with E-state index in [1.54, 1.807) is 0 Å². The molecular formula is C15H29N3O. The fourth-order valence-corrected chi connectivity index (χ4v) is 2.12. The highest BCUT2D eigenvalue weighted by Gasteiger charge is 2.17. The van der Waals surface area contributed by atoms with Gasteiger partial charge in [0.1, 0.15) is 0 Å². The molecule has 4 nitrogen and oxygen atoms in total. The van der Waals surface area contributed by atoms with Gasteiger partial charge in [-0.25, -0.2) is 0 Å². The average Bonchev–Trinajstić information content (AvgIpc) is 2.66. The number of ether oxygens (including phenoxy) is 1. The first-order valence-electron chi connectivity index (χ1n) is 7.26. The van der Waals surface area contributed by atoms with E-state index < -0.39 is 0 Å². The molecule has 0 aliphatic rings. The molecule has 1 atom stereocenters. The molecule has 0 aliphatic carbocycles. The van der Waals surface area contributed by atoms with Crippen LogP contribution in [0.15, 0.2) is 6.07 Å². The molecule has 0 spiro atoms. The Morgan fingerprint density at radius 2 is 2.05 bits per heavy atom. The number of rotatable bonds is 7. The fourth-order valence-electron chi connectivity index (χ4n) is 2.12. The van der Waals surface area contributed by atoms with Crippen molar-refractivity contribution < 1.29 is 4.74 Å². The molecule has 19 heavy (non-hydrogen) atoms. The van der Waals surface area contributed by atoms with Crippen LogP contribution in [-0.4, -0.2) is 34.6 Å². The van der Waals surface area contributed by atoms with Crippen molar-refractivity contribution in [1.82, 2.24) is 15.1 Å². The van der Waals surface area contributed by atoms with Gasteiger partial charge in [-0.3, -0.25) is 4.68 Å². The molecule has 4 heteroatoms. The van der Waals surface area contributed by atoms with E-state index in [4.69, 9.17) is 4.74 Å². The Bertz CT molecular complexity index is 379. The smallest absolute Gasteiger partial charge is 0.0630 e. The highest BCUT2D eigenvalue weighted by atomic mass is 16.5. The summed E-state index contributed by atoms with van der Waals surface area (Å²) in [6.07, 6.45) is 0.957. The van der Waals surface area contributed by atoms with Gasteiger partial charge in [0, 0.05) is 24.7 Å². The molecule has 1 N–H and O–H groups in total. The highest BCUT2D eigenvalue weighted by molar-refractivity contribution is 5.10. The number of nitrogens with one attached hydrogen (secondary N) is 1. The number of likely N-dealkylation sites (N-methyl/N-ethyl adjacent to an activating group) is 1. The topological polar surface area (TPSA) is 39.1 Å². The van der Waals surface area contributed by atoms with E-state index in [2.05, 4.69) is 55.8 Å². The van der Waals surface area contributed by atoms with Crippen LogP contribution in [0.3, 0.4) is 0 Å². The maximum atomic E-state index is 5.90. The molecule has 0 saturated carbocycles. The van der Waals surface area contributed by atoms with Gasteiger partial charge in [-0.15, -0.1) is 0 Å². The van der Waals surface area contributed by atoms with Crippen molar-refractivity contribution in [2.24, 2.45) is 0 Å². The van der Waals surface area contributed by atoms with E-state index in [0.717, 1.165) is 31.8 Å². The maximum Gasteiger partial charge on any atom is 0.0630 e. The highest BCUT2D eigenvalue weighted by Crippen LogP contribution is 2.11. The fraction of sp³-hybridized carbons (Fsp3) is 0.800. The summed E-state index contributed by atoms with van der Waals surface area (Å²) in [6.45, 7) is 15.2. The molecule has 0 amide bonds. The summed E-state index contributed by atoms with van der Waals surface area (Å²) < 4.78 is 7.98. The Hall–Kier alpha value is -0.870. The summed E-state index contributed by atoms with van der Waals surface area (Å²) in [7, 11) is 0. The maximum absolute atomic E-state index is 5.90. The second-order valence-electron chi connectivity index (χ2n) is 5.97. The van der Waals surface area contributed by atoms with Gasteiger partial charge < -0.3 is 10.1 Å². The molecule has 0 aliphatic heterocycles. The largest absolute Gasteiger partial charge is 0.374 e. The summed E-state index contributed by atoms with van der Waals surface area (Å²) >= 11 is 0. The van der Waals surface area contributed by atoms with Crippen molar-refractivity contribution in [2.75, 3.05) is 13.2 Å². The molecule has 1 aromatic rings. The lowest BCUT2D eigenvalue weighted by atomic mass is 10.1. The molecule has 0 bridgehead atoms. The minimum atomic E-state index is -0.0887. The summed E-state index contributed by atoms with van der Waals surface area (Å²) in [4.78, 5) is 0. The summed E-state index contributed by atoms with van der Waals surface area (Å²) in [6, 6.07) is 2.51. The first-order valence-corrected chi connectivity index (χ1v) is 7.26. The standard InChI is InChI=1S/C15H29N3O/c1-7-16-13(11-19-15(4,5)6)10-14-9-12(3)17-18(14)8-2/h9,13,16H,7-8,10-11H2,1-6H3. The van der Waals surface area contributed by atoms with Gasteiger partial charge in [0.2, 0.25) is 0 Å². The van der Waals surface area contributed by atoms with E-state index in [9.17, 15) is 0 Å². The Kier molecular flexibility index (Phi) is 6.01. The molecule has 1 rings (SSSR count). The molecule has 0 fully saturated rings. The quantitative estimate of drug-likeness (QED) is 0.825. The van der Waals surface area contributed by atoms with Crippen molar-refractivity contribution in [1.29, 1.82) is 0 Å². The van der Waals surface area contributed by atoms with Gasteiger partial charge in [0.05, 0.1) is 17.9 Å². The second kappa shape index (κ2) is 7.06. The monoisotopic (exact) mass is 267 g/mol. The predicted octanol–water partition coefficient (Wildman–Crippen LogP) is 2.55. The lowest BCUT2D eigenvalue weighted by Gasteiger charge is -2.25. The number of hydrogen-bond acceptors (Lipinski definition) is 3. The van der Waals surface area contributed by atoms with Crippen LogP contribution in [0.25, 0.3) is 0 Å². The van der Waals surface area contributed by atoms with Gasteiger partial charge in [-0.2, -0.15) is 5.10 Å². The Morgan fingerprint density at radius 1 is 1.37 bits per heavy atom. The zero-order valence-corrected chi connectivity index (χ0v) is 13.3. The number of nitrogens with zero attached hydrogens (tertiary/aromatic N) is 2. The molecule has 0 aromatic carbocycles. The van der Waals surface area contributed by atoms with Crippen LogP contribution < -0.4 is 5.32 Å². The third-order valence-corrected chi connectivity index (χ3v) is 2.95. The molecule has 1 unspecified atom stereocenters. The minimum absolute atomic E-state index is 0.0887. The van der Waals surface area contributed by atoms with Gasteiger partial charge in [0.25, 0.3) is 0 Å². The van der Waals surface area contributed by atoms with E-state index in [0.29, 0.717) is 6.04 Å². The third-order valence-electron chi connectivity index (χ3n) is 2.95. The SMILES string of the molecule is CCNC(COC(C)(C)C)Cc1cc(C)nn1CC. The summed E-state index contributed by atoms with van der Waals surface area (Å²) in [5.41, 5.74) is 2.28. The van der Waals surface area contributed by atoms with E-state index in [-0.39, 0.29) is 5.60 Å². The Labute approximate surface area is 117 Å². The molecule has 110 valence electrons. The van der Waals surface area contributed by atoms with Gasteiger partial charge >= 0.3 is 0 Å². The predicted molar refractivity (Wildman–Crippen MR) is 79.5 cm³/mol. The lowest BCUT2D eigenvalue weighted by molar-refractivity contribution is -0.0143. The van der Waals surface area contributed by atoms with Gasteiger partial charge in [-0.05, 0) is 47.2 Å². The van der Waals surface area contributed by atoms with E-state index in [1.165, 1.54) is 5.69 Å². The first kappa shape index (κ1) is 16.2. The van der Waals surface area contributed by atoms with Crippen LogP contribution in [0.4, 0.5) is 0 Å². The second-order valence-corrected chi connectivity index (χ2v) is 5.97. The molecule has 0 saturated heterocycles. The van der Waals surface area contributed by atoms with Crippen molar-refractivity contribution in [3.8, 4) is 0 Å². The van der Waals surface area contributed by atoms with Crippen LogP contribution in [0.2, 0.25) is 0 Å². The molecule has 1 aromatic heterocycles. The average molecular weight is 267 g/mol. The zero-order valence-electron chi connectivity index (χ0n) is 13.3. The minimum Gasteiger partial charge on any atom is -0.374 e. The number of hydrogen-bond donors (Lipinski definition) is 1. The van der Waals surface area contributed by atoms with Crippen molar-refractivity contribution >= 4 is 0 Å². The number of aromatic nitrogens is 2. The Balaban J connectivity index is 2.66. The normalized spacial score (nSPS) is 13.8. The van der Waals surface area contributed by atoms with Crippen molar-refractivity contribution in [3.05, 3.63) is 17.5 Å². The first-order chi connectivity index (χ1) is 8.85.